The molecule has 0 aliphatic rings. The molecular formula is C6H14O4. The summed E-state index contributed by atoms with van der Waals surface area (Å²) < 4.78 is 9.65. The number of hydrogen-bond donors (Lipinski definition) is 2. The molecule has 0 aliphatic heterocycles. The van der Waals surface area contributed by atoms with Crippen LogP contribution in [-0.2, 0) is 9.47 Å². The summed E-state index contributed by atoms with van der Waals surface area (Å²) in [6.07, 6.45) is -0.0701. The Morgan fingerprint density at radius 3 is 2.60 bits per heavy atom. The highest BCUT2D eigenvalue weighted by molar-refractivity contribution is 4.44. The summed E-state index contributed by atoms with van der Waals surface area (Å²) in [7, 11) is 0. The van der Waals surface area contributed by atoms with Gasteiger partial charge >= 0.3 is 0 Å². The first-order chi connectivity index (χ1) is 4.81. The van der Waals surface area contributed by atoms with Crippen LogP contribution in [0.25, 0.3) is 0 Å². The van der Waals surface area contributed by atoms with Gasteiger partial charge in [0.25, 0.3) is 0 Å². The molecule has 2 N–H and O–H groups in total. The SMILES string of the molecule is CC(COCO)OCCO. The number of aliphatic hydroxyl groups excluding tert-OH is 2. The van der Waals surface area contributed by atoms with E-state index in [1.165, 1.54) is 0 Å². The Bertz CT molecular complexity index is 58.8. The lowest BCUT2D eigenvalue weighted by Gasteiger charge is -2.10. The number of hydrogen-bond acceptors (Lipinski definition) is 4. The quantitative estimate of drug-likeness (QED) is 0.494. The summed E-state index contributed by atoms with van der Waals surface area (Å²) in [4.78, 5) is 0. The fourth-order valence-corrected chi connectivity index (χ4v) is 0.521. The molecule has 0 aromatic rings. The maximum absolute atomic E-state index is 8.33. The zero-order valence-corrected chi connectivity index (χ0v) is 6.12. The zero-order chi connectivity index (χ0) is 7.82. The van der Waals surface area contributed by atoms with E-state index in [-0.39, 0.29) is 19.5 Å². The van der Waals surface area contributed by atoms with Gasteiger partial charge in [0.1, 0.15) is 6.79 Å². The average Bonchev–Trinajstić information content (AvgIpc) is 1.97. The van der Waals surface area contributed by atoms with E-state index >= 15 is 0 Å². The number of aliphatic hydroxyl groups is 2. The monoisotopic (exact) mass is 150 g/mol. The average molecular weight is 150 g/mol. The molecule has 0 fully saturated rings. The maximum Gasteiger partial charge on any atom is 0.143 e. The van der Waals surface area contributed by atoms with E-state index in [0.29, 0.717) is 13.2 Å². The number of ether oxygens (including phenoxy) is 2. The van der Waals surface area contributed by atoms with E-state index in [9.17, 15) is 0 Å². The molecule has 4 heteroatoms. The smallest absolute Gasteiger partial charge is 0.143 e. The Morgan fingerprint density at radius 2 is 2.10 bits per heavy atom. The summed E-state index contributed by atoms with van der Waals surface area (Å²) in [6, 6.07) is 0. The molecule has 4 nitrogen and oxygen atoms in total. The van der Waals surface area contributed by atoms with Gasteiger partial charge < -0.3 is 19.7 Å². The van der Waals surface area contributed by atoms with Gasteiger partial charge in [-0.1, -0.05) is 0 Å². The van der Waals surface area contributed by atoms with Gasteiger partial charge in [-0.05, 0) is 6.92 Å². The van der Waals surface area contributed by atoms with Gasteiger partial charge in [-0.15, -0.1) is 0 Å². The van der Waals surface area contributed by atoms with Crippen molar-refractivity contribution in [2.75, 3.05) is 26.6 Å². The van der Waals surface area contributed by atoms with Crippen LogP contribution in [0, 0.1) is 0 Å². The summed E-state index contributed by atoms with van der Waals surface area (Å²) in [6.45, 7) is 2.22. The van der Waals surface area contributed by atoms with Crippen molar-refractivity contribution in [3.8, 4) is 0 Å². The first-order valence-corrected chi connectivity index (χ1v) is 3.22. The molecule has 1 unspecified atom stereocenters. The largest absolute Gasteiger partial charge is 0.394 e. The van der Waals surface area contributed by atoms with Gasteiger partial charge in [-0.25, -0.2) is 0 Å². The normalized spacial score (nSPS) is 13.5. The van der Waals surface area contributed by atoms with Crippen molar-refractivity contribution >= 4 is 0 Å². The zero-order valence-electron chi connectivity index (χ0n) is 6.12. The summed E-state index contributed by atoms with van der Waals surface area (Å²) in [5, 5.41) is 16.5. The predicted octanol–water partition coefficient (Wildman–Crippen LogP) is -0.650. The van der Waals surface area contributed by atoms with Crippen LogP contribution in [0.2, 0.25) is 0 Å². The molecule has 10 heavy (non-hydrogen) atoms. The third kappa shape index (κ3) is 5.97. The Morgan fingerprint density at radius 1 is 1.40 bits per heavy atom. The first-order valence-electron chi connectivity index (χ1n) is 3.22. The maximum atomic E-state index is 8.33. The molecule has 0 saturated carbocycles. The van der Waals surface area contributed by atoms with E-state index in [2.05, 4.69) is 4.74 Å². The lowest BCUT2D eigenvalue weighted by molar-refractivity contribution is -0.0633. The molecule has 0 spiro atoms. The van der Waals surface area contributed by atoms with E-state index < -0.39 is 0 Å². The van der Waals surface area contributed by atoms with Gasteiger partial charge in [-0.3, -0.25) is 0 Å². The molecule has 62 valence electrons. The van der Waals surface area contributed by atoms with Crippen LogP contribution in [0.5, 0.6) is 0 Å². The molecule has 0 bridgehead atoms. The van der Waals surface area contributed by atoms with Crippen molar-refractivity contribution in [1.82, 2.24) is 0 Å². The first kappa shape index (κ1) is 9.84. The molecule has 0 amide bonds. The van der Waals surface area contributed by atoms with Gasteiger partial charge in [0.15, 0.2) is 0 Å². The van der Waals surface area contributed by atoms with Gasteiger partial charge in [0, 0.05) is 0 Å². The number of rotatable bonds is 6. The summed E-state index contributed by atoms with van der Waals surface area (Å²) in [5.41, 5.74) is 0. The van der Waals surface area contributed by atoms with E-state index in [1.54, 1.807) is 0 Å². The Hall–Kier alpha value is -0.160. The van der Waals surface area contributed by atoms with Crippen molar-refractivity contribution in [1.29, 1.82) is 0 Å². The lowest BCUT2D eigenvalue weighted by Crippen LogP contribution is -2.18. The molecule has 1 atom stereocenters. The fraction of sp³-hybridized carbons (Fsp3) is 1.00. The third-order valence-electron chi connectivity index (χ3n) is 0.938. The minimum Gasteiger partial charge on any atom is -0.394 e. The van der Waals surface area contributed by atoms with Gasteiger partial charge in [0.2, 0.25) is 0 Å². The van der Waals surface area contributed by atoms with Crippen LogP contribution in [0.4, 0.5) is 0 Å². The fourth-order valence-electron chi connectivity index (χ4n) is 0.521. The molecule has 0 aromatic carbocycles. The highest BCUT2D eigenvalue weighted by Gasteiger charge is 1.99. The second-order valence-electron chi connectivity index (χ2n) is 1.90. The molecule has 0 aliphatic carbocycles. The molecule has 0 saturated heterocycles. The molecular weight excluding hydrogens is 136 g/mol. The van der Waals surface area contributed by atoms with Crippen LogP contribution in [0.3, 0.4) is 0 Å². The van der Waals surface area contributed by atoms with Crippen molar-refractivity contribution < 1.29 is 19.7 Å². The van der Waals surface area contributed by atoms with Crippen molar-refractivity contribution in [3.05, 3.63) is 0 Å². The van der Waals surface area contributed by atoms with Crippen LogP contribution < -0.4 is 0 Å². The van der Waals surface area contributed by atoms with Crippen LogP contribution in [0.15, 0.2) is 0 Å². The minimum absolute atomic E-state index is 0.0173. The topological polar surface area (TPSA) is 58.9 Å². The summed E-state index contributed by atoms with van der Waals surface area (Å²) >= 11 is 0. The Balaban J connectivity index is 3.00. The highest BCUT2D eigenvalue weighted by Crippen LogP contribution is 1.89. The second-order valence-corrected chi connectivity index (χ2v) is 1.90. The van der Waals surface area contributed by atoms with E-state index in [4.69, 9.17) is 14.9 Å². The van der Waals surface area contributed by atoms with Gasteiger partial charge in [-0.2, -0.15) is 0 Å². The van der Waals surface area contributed by atoms with Crippen LogP contribution in [-0.4, -0.2) is 42.9 Å². The minimum atomic E-state index is -0.285. The van der Waals surface area contributed by atoms with Crippen LogP contribution >= 0.6 is 0 Å². The van der Waals surface area contributed by atoms with Crippen molar-refractivity contribution in [2.45, 2.75) is 13.0 Å². The van der Waals surface area contributed by atoms with Crippen molar-refractivity contribution in [3.63, 3.8) is 0 Å². The standard InChI is InChI=1S/C6H14O4/c1-6(4-9-5-8)10-3-2-7/h6-8H,2-5H2,1H3. The summed E-state index contributed by atoms with van der Waals surface area (Å²) in [5.74, 6) is 0. The molecule has 0 rings (SSSR count). The van der Waals surface area contributed by atoms with Crippen LogP contribution in [0.1, 0.15) is 6.92 Å². The van der Waals surface area contributed by atoms with Gasteiger partial charge in [0.05, 0.1) is 25.9 Å². The highest BCUT2D eigenvalue weighted by atomic mass is 16.6. The second kappa shape index (κ2) is 6.95. The van der Waals surface area contributed by atoms with E-state index in [0.717, 1.165) is 0 Å². The van der Waals surface area contributed by atoms with E-state index in [1.807, 2.05) is 6.92 Å². The molecule has 0 radical (unpaired) electrons. The lowest BCUT2D eigenvalue weighted by atomic mass is 10.4. The third-order valence-corrected chi connectivity index (χ3v) is 0.938. The predicted molar refractivity (Wildman–Crippen MR) is 35.5 cm³/mol. The van der Waals surface area contributed by atoms with Crippen molar-refractivity contribution in [2.24, 2.45) is 0 Å². The Kier molecular flexibility index (Phi) is 6.84. The Labute approximate surface area is 60.4 Å². The molecule has 0 heterocycles. The molecule has 0 aromatic heterocycles.